The summed E-state index contributed by atoms with van der Waals surface area (Å²) in [4.78, 5) is 0. The van der Waals surface area contributed by atoms with E-state index >= 15 is 0 Å². The Balaban J connectivity index is 2.23. The predicted octanol–water partition coefficient (Wildman–Crippen LogP) is 1.68. The van der Waals surface area contributed by atoms with Crippen molar-refractivity contribution in [3.63, 3.8) is 0 Å². The lowest BCUT2D eigenvalue weighted by Crippen LogP contribution is -2.28. The van der Waals surface area contributed by atoms with Gasteiger partial charge in [-0.05, 0) is 32.2 Å². The zero-order chi connectivity index (χ0) is 9.68. The van der Waals surface area contributed by atoms with Crippen molar-refractivity contribution in [2.24, 2.45) is 0 Å². The monoisotopic (exact) mass is 203 g/mol. The van der Waals surface area contributed by atoms with Crippen molar-refractivity contribution in [1.29, 1.82) is 0 Å². The van der Waals surface area contributed by atoms with Crippen LogP contribution in [-0.2, 0) is 10.8 Å². The van der Waals surface area contributed by atoms with Crippen LogP contribution in [0.2, 0.25) is 0 Å². The van der Waals surface area contributed by atoms with Crippen LogP contribution >= 0.6 is 0 Å². The Labute approximate surface area is 83.9 Å². The molecule has 1 fully saturated rings. The highest BCUT2D eigenvalue weighted by atomic mass is 32.2. The summed E-state index contributed by atoms with van der Waals surface area (Å²) in [6.07, 6.45) is 4.69. The average Bonchev–Trinajstić information content (AvgIpc) is 2.62. The molecule has 3 unspecified atom stereocenters. The molecule has 2 nitrogen and oxygen atoms in total. The zero-order valence-corrected chi connectivity index (χ0v) is 9.53. The fourth-order valence-electron chi connectivity index (χ4n) is 1.95. The molecule has 3 heteroatoms. The maximum absolute atomic E-state index is 11.5. The van der Waals surface area contributed by atoms with E-state index in [1.54, 1.807) is 0 Å². The first-order valence-electron chi connectivity index (χ1n) is 5.38. The second-order valence-electron chi connectivity index (χ2n) is 3.76. The van der Waals surface area contributed by atoms with Crippen LogP contribution < -0.4 is 5.32 Å². The van der Waals surface area contributed by atoms with Gasteiger partial charge in [0.2, 0.25) is 0 Å². The summed E-state index contributed by atoms with van der Waals surface area (Å²) in [6.45, 7) is 5.31. The second-order valence-corrected chi connectivity index (χ2v) is 5.76. The van der Waals surface area contributed by atoms with Gasteiger partial charge < -0.3 is 5.32 Å². The molecule has 0 amide bonds. The minimum Gasteiger partial charge on any atom is -0.314 e. The molecule has 0 bridgehead atoms. The molecule has 1 saturated carbocycles. The first-order chi connectivity index (χ1) is 6.27. The van der Waals surface area contributed by atoms with Gasteiger partial charge in [0.15, 0.2) is 0 Å². The Morgan fingerprint density at radius 1 is 1.38 bits per heavy atom. The van der Waals surface area contributed by atoms with Gasteiger partial charge in [-0.15, -0.1) is 0 Å². The lowest BCUT2D eigenvalue weighted by Gasteiger charge is -2.11. The molecule has 0 aromatic carbocycles. The van der Waals surface area contributed by atoms with Crippen molar-refractivity contribution < 1.29 is 4.21 Å². The zero-order valence-electron chi connectivity index (χ0n) is 8.71. The number of hydrogen-bond acceptors (Lipinski definition) is 2. The SMILES string of the molecule is CCCNC1CCC(S(=O)CC)C1. The smallest absolute Gasteiger partial charge is 0.0363 e. The predicted molar refractivity (Wildman–Crippen MR) is 58.4 cm³/mol. The van der Waals surface area contributed by atoms with Gasteiger partial charge in [-0.1, -0.05) is 13.8 Å². The molecule has 1 aliphatic rings. The van der Waals surface area contributed by atoms with Crippen LogP contribution in [0.1, 0.15) is 39.5 Å². The van der Waals surface area contributed by atoms with Gasteiger partial charge >= 0.3 is 0 Å². The van der Waals surface area contributed by atoms with Crippen molar-refractivity contribution in [3.8, 4) is 0 Å². The van der Waals surface area contributed by atoms with Crippen LogP contribution in [0.25, 0.3) is 0 Å². The maximum Gasteiger partial charge on any atom is 0.0363 e. The molecule has 78 valence electrons. The largest absolute Gasteiger partial charge is 0.314 e. The Hall–Kier alpha value is 0.110. The molecule has 0 spiro atoms. The summed E-state index contributed by atoms with van der Waals surface area (Å²) in [5.41, 5.74) is 0. The molecule has 0 radical (unpaired) electrons. The summed E-state index contributed by atoms with van der Waals surface area (Å²) in [7, 11) is -0.569. The van der Waals surface area contributed by atoms with E-state index in [0.717, 1.165) is 25.1 Å². The quantitative estimate of drug-likeness (QED) is 0.736. The average molecular weight is 203 g/mol. The molecule has 1 aliphatic carbocycles. The minimum atomic E-state index is -0.569. The van der Waals surface area contributed by atoms with Crippen molar-refractivity contribution >= 4 is 10.8 Å². The lowest BCUT2D eigenvalue weighted by atomic mass is 10.2. The summed E-state index contributed by atoms with van der Waals surface area (Å²) in [5.74, 6) is 0.825. The second kappa shape index (κ2) is 5.76. The van der Waals surface area contributed by atoms with Crippen LogP contribution in [-0.4, -0.2) is 27.8 Å². The van der Waals surface area contributed by atoms with Gasteiger partial charge in [0.1, 0.15) is 0 Å². The van der Waals surface area contributed by atoms with Crippen molar-refractivity contribution in [1.82, 2.24) is 5.32 Å². The topological polar surface area (TPSA) is 29.1 Å². The van der Waals surface area contributed by atoms with Gasteiger partial charge in [-0.2, -0.15) is 0 Å². The highest BCUT2D eigenvalue weighted by Gasteiger charge is 2.27. The molecule has 0 aromatic heterocycles. The molecule has 3 atom stereocenters. The molecule has 13 heavy (non-hydrogen) atoms. The summed E-state index contributed by atoms with van der Waals surface area (Å²) < 4.78 is 11.5. The third-order valence-electron chi connectivity index (χ3n) is 2.72. The summed E-state index contributed by atoms with van der Waals surface area (Å²) >= 11 is 0. The van der Waals surface area contributed by atoms with Gasteiger partial charge in [0, 0.05) is 27.8 Å². The molecular formula is C10H21NOS. The summed E-state index contributed by atoms with van der Waals surface area (Å²) in [5, 5.41) is 3.98. The molecule has 1 N–H and O–H groups in total. The van der Waals surface area contributed by atoms with E-state index < -0.39 is 10.8 Å². The van der Waals surface area contributed by atoms with Gasteiger partial charge in [-0.25, -0.2) is 0 Å². The van der Waals surface area contributed by atoms with E-state index in [2.05, 4.69) is 12.2 Å². The molecule has 0 aromatic rings. The Kier molecular flexibility index (Phi) is 4.96. The van der Waals surface area contributed by atoms with Gasteiger partial charge in [-0.3, -0.25) is 4.21 Å². The molecule has 0 saturated heterocycles. The highest BCUT2D eigenvalue weighted by Crippen LogP contribution is 2.23. The van der Waals surface area contributed by atoms with Crippen LogP contribution in [0.3, 0.4) is 0 Å². The first kappa shape index (κ1) is 11.2. The van der Waals surface area contributed by atoms with Crippen LogP contribution in [0.4, 0.5) is 0 Å². The van der Waals surface area contributed by atoms with Crippen LogP contribution in [0.15, 0.2) is 0 Å². The summed E-state index contributed by atoms with van der Waals surface area (Å²) in [6, 6.07) is 0.639. The van der Waals surface area contributed by atoms with Crippen LogP contribution in [0, 0.1) is 0 Å². The van der Waals surface area contributed by atoms with E-state index in [-0.39, 0.29) is 0 Å². The number of nitrogens with one attached hydrogen (secondary N) is 1. The Morgan fingerprint density at radius 3 is 2.77 bits per heavy atom. The maximum atomic E-state index is 11.5. The minimum absolute atomic E-state index is 0.472. The van der Waals surface area contributed by atoms with E-state index in [4.69, 9.17) is 0 Å². The van der Waals surface area contributed by atoms with Gasteiger partial charge in [0.05, 0.1) is 0 Å². The normalized spacial score (nSPS) is 30.6. The van der Waals surface area contributed by atoms with Gasteiger partial charge in [0.25, 0.3) is 0 Å². The van der Waals surface area contributed by atoms with Crippen molar-refractivity contribution in [2.75, 3.05) is 12.3 Å². The van der Waals surface area contributed by atoms with Crippen LogP contribution in [0.5, 0.6) is 0 Å². The highest BCUT2D eigenvalue weighted by molar-refractivity contribution is 7.85. The Morgan fingerprint density at radius 2 is 2.15 bits per heavy atom. The molecule has 0 heterocycles. The third-order valence-corrected chi connectivity index (χ3v) is 4.46. The van der Waals surface area contributed by atoms with E-state index in [1.165, 1.54) is 12.8 Å². The van der Waals surface area contributed by atoms with E-state index in [1.807, 2.05) is 6.92 Å². The standard InChI is InChI=1S/C10H21NOS/c1-3-7-11-9-5-6-10(8-9)13(12)4-2/h9-11H,3-8H2,1-2H3. The van der Waals surface area contributed by atoms with Crippen molar-refractivity contribution in [3.05, 3.63) is 0 Å². The molecular weight excluding hydrogens is 182 g/mol. The number of rotatable bonds is 5. The number of hydrogen-bond donors (Lipinski definition) is 1. The van der Waals surface area contributed by atoms with Crippen molar-refractivity contribution in [2.45, 2.75) is 50.8 Å². The fourth-order valence-corrected chi connectivity index (χ4v) is 3.27. The van der Waals surface area contributed by atoms with E-state index in [0.29, 0.717) is 11.3 Å². The lowest BCUT2D eigenvalue weighted by molar-refractivity contribution is 0.523. The first-order valence-corrected chi connectivity index (χ1v) is 6.76. The van der Waals surface area contributed by atoms with E-state index in [9.17, 15) is 4.21 Å². The molecule has 1 rings (SSSR count). The molecule has 0 aliphatic heterocycles. The third kappa shape index (κ3) is 3.39. The fraction of sp³-hybridized carbons (Fsp3) is 1.00. The Bertz CT molecular complexity index is 172.